The molecule has 0 radical (unpaired) electrons. The van der Waals surface area contributed by atoms with Crippen molar-refractivity contribution in [2.24, 2.45) is 5.92 Å². The van der Waals surface area contributed by atoms with E-state index in [4.69, 9.17) is 17.0 Å². The number of nitrogens with one attached hydrogen (secondary N) is 2. The molecule has 1 heterocycles. The highest BCUT2D eigenvalue weighted by molar-refractivity contribution is 7.80. The maximum absolute atomic E-state index is 13.7. The number of hydrogen-bond donors (Lipinski definition) is 3. The summed E-state index contributed by atoms with van der Waals surface area (Å²) in [5.41, 5.74) is -2.28. The molecule has 0 amide bonds. The molecule has 1 aromatic carbocycles. The van der Waals surface area contributed by atoms with E-state index in [2.05, 4.69) is 10.2 Å². The van der Waals surface area contributed by atoms with Crippen molar-refractivity contribution in [3.05, 3.63) is 29.8 Å². The Morgan fingerprint density at radius 2 is 1.82 bits per heavy atom. The first-order valence-corrected chi connectivity index (χ1v) is 9.39. The second-order valence-electron chi connectivity index (χ2n) is 6.33. The van der Waals surface area contributed by atoms with Gasteiger partial charge in [-0.15, -0.1) is 0 Å². The predicted molar refractivity (Wildman–Crippen MR) is 103 cm³/mol. The van der Waals surface area contributed by atoms with Crippen molar-refractivity contribution in [3.63, 3.8) is 0 Å². The van der Waals surface area contributed by atoms with Crippen LogP contribution in [0.25, 0.3) is 0 Å². The van der Waals surface area contributed by atoms with E-state index in [1.165, 1.54) is 6.92 Å². The van der Waals surface area contributed by atoms with E-state index in [1.807, 2.05) is 19.2 Å². The lowest BCUT2D eigenvalue weighted by atomic mass is 9.82. The van der Waals surface area contributed by atoms with Crippen molar-refractivity contribution in [2.75, 3.05) is 24.6 Å². The van der Waals surface area contributed by atoms with Crippen LogP contribution in [-0.2, 0) is 9.53 Å². The van der Waals surface area contributed by atoms with Gasteiger partial charge >= 0.3 is 12.1 Å². The van der Waals surface area contributed by atoms with Crippen LogP contribution >= 0.6 is 12.2 Å². The summed E-state index contributed by atoms with van der Waals surface area (Å²) in [5, 5.41) is 14.5. The van der Waals surface area contributed by atoms with Gasteiger partial charge in [0.15, 0.2) is 5.11 Å². The number of hydrogen-bond acceptors (Lipinski definition) is 5. The van der Waals surface area contributed by atoms with Gasteiger partial charge in [-0.2, -0.15) is 13.2 Å². The molecule has 0 aromatic heterocycles. The Kier molecular flexibility index (Phi) is 6.76. The third-order valence-corrected chi connectivity index (χ3v) is 4.95. The number of anilines is 1. The van der Waals surface area contributed by atoms with Crippen molar-refractivity contribution in [1.29, 1.82) is 0 Å². The SMILES string of the molecule is CCOC(=O)[C@H]1[C@H](c2ccc(N(CC)CC)cc2)NC(=S)N[C@@]1(O)C(F)(F)F. The summed E-state index contributed by atoms with van der Waals surface area (Å²) in [6, 6.07) is 5.52. The second kappa shape index (κ2) is 8.52. The van der Waals surface area contributed by atoms with E-state index in [0.29, 0.717) is 5.56 Å². The molecule has 3 atom stereocenters. The van der Waals surface area contributed by atoms with Crippen LogP contribution in [0.4, 0.5) is 18.9 Å². The van der Waals surface area contributed by atoms with Crippen molar-refractivity contribution in [2.45, 2.75) is 38.7 Å². The Hall–Kier alpha value is -2.07. The van der Waals surface area contributed by atoms with Crippen LogP contribution in [0.1, 0.15) is 32.4 Å². The van der Waals surface area contributed by atoms with Gasteiger partial charge in [0.25, 0.3) is 5.72 Å². The minimum atomic E-state index is -5.16. The number of esters is 1. The summed E-state index contributed by atoms with van der Waals surface area (Å²) in [5.74, 6) is -3.17. The number of aliphatic hydroxyl groups is 1. The highest BCUT2D eigenvalue weighted by atomic mass is 32.1. The second-order valence-corrected chi connectivity index (χ2v) is 6.74. The minimum absolute atomic E-state index is 0.124. The monoisotopic (exact) mass is 419 g/mol. The van der Waals surface area contributed by atoms with Crippen LogP contribution in [0.15, 0.2) is 24.3 Å². The molecule has 3 N–H and O–H groups in total. The van der Waals surface area contributed by atoms with Gasteiger partial charge in [0.2, 0.25) is 0 Å². The molecule has 0 bridgehead atoms. The van der Waals surface area contributed by atoms with Gasteiger partial charge in [-0.25, -0.2) is 0 Å². The summed E-state index contributed by atoms with van der Waals surface area (Å²) < 4.78 is 45.9. The maximum atomic E-state index is 13.7. The van der Waals surface area contributed by atoms with Gasteiger partial charge in [0.05, 0.1) is 12.6 Å². The molecule has 0 unspecified atom stereocenters. The van der Waals surface area contributed by atoms with Gasteiger partial charge in [-0.05, 0) is 50.7 Å². The fraction of sp³-hybridized carbons (Fsp3) is 0.556. The molecule has 10 heteroatoms. The molecule has 2 rings (SSSR count). The standard InChI is InChI=1S/C18H24F3N3O3S/c1-4-24(5-2)12-9-7-11(8-10-12)14-13(15(25)27-6-3)17(26,18(19,20)21)23-16(28)22-14/h7-10,13-14,26H,4-6H2,1-3H3,(H2,22,23,28)/t13-,14+,17+/m1/s1. The van der Waals surface area contributed by atoms with E-state index in [0.717, 1.165) is 18.8 Å². The van der Waals surface area contributed by atoms with Gasteiger partial charge in [-0.3, -0.25) is 4.79 Å². The largest absolute Gasteiger partial charge is 0.466 e. The molecule has 1 aromatic rings. The Labute approximate surface area is 167 Å². The number of halogens is 3. The Bertz CT molecular complexity index is 710. The molecule has 1 aliphatic heterocycles. The molecule has 0 spiro atoms. The summed E-state index contributed by atoms with van der Waals surface area (Å²) in [6.07, 6.45) is -5.16. The highest BCUT2D eigenvalue weighted by Gasteiger charge is 2.66. The van der Waals surface area contributed by atoms with Crippen molar-refractivity contribution < 1.29 is 27.8 Å². The van der Waals surface area contributed by atoms with Gasteiger partial charge < -0.3 is 25.4 Å². The molecular weight excluding hydrogens is 395 g/mol. The molecule has 0 saturated carbocycles. The topological polar surface area (TPSA) is 73.8 Å². The predicted octanol–water partition coefficient (Wildman–Crippen LogP) is 2.48. The number of carbonyl (C=O) groups excluding carboxylic acids is 1. The number of carbonyl (C=O) groups is 1. The van der Waals surface area contributed by atoms with Gasteiger partial charge in [-0.1, -0.05) is 12.1 Å². The number of rotatable bonds is 6. The maximum Gasteiger partial charge on any atom is 0.437 e. The lowest BCUT2D eigenvalue weighted by Crippen LogP contribution is -2.73. The normalized spacial score (nSPS) is 24.9. The Morgan fingerprint density at radius 1 is 1.25 bits per heavy atom. The van der Waals surface area contributed by atoms with Crippen LogP contribution in [0, 0.1) is 5.92 Å². The fourth-order valence-corrected chi connectivity index (χ4v) is 3.58. The quantitative estimate of drug-likeness (QED) is 0.483. The van der Waals surface area contributed by atoms with Gasteiger partial charge in [0, 0.05) is 18.8 Å². The van der Waals surface area contributed by atoms with Crippen molar-refractivity contribution >= 4 is 29.0 Å². The van der Waals surface area contributed by atoms with Crippen LogP contribution in [0.2, 0.25) is 0 Å². The van der Waals surface area contributed by atoms with E-state index in [-0.39, 0.29) is 6.61 Å². The van der Waals surface area contributed by atoms with Crippen LogP contribution in [0.5, 0.6) is 0 Å². The van der Waals surface area contributed by atoms with E-state index >= 15 is 0 Å². The number of benzene rings is 1. The summed E-state index contributed by atoms with van der Waals surface area (Å²) in [4.78, 5) is 14.5. The zero-order chi connectivity index (χ0) is 21.1. The lowest BCUT2D eigenvalue weighted by Gasteiger charge is -2.45. The van der Waals surface area contributed by atoms with E-state index in [1.54, 1.807) is 24.3 Å². The summed E-state index contributed by atoms with van der Waals surface area (Å²) in [7, 11) is 0. The summed E-state index contributed by atoms with van der Waals surface area (Å²) >= 11 is 4.87. The van der Waals surface area contributed by atoms with Crippen molar-refractivity contribution in [1.82, 2.24) is 10.6 Å². The number of thiocarbonyl (C=S) groups is 1. The molecule has 1 fully saturated rings. The first kappa shape index (κ1) is 22.2. The molecule has 0 aliphatic carbocycles. The van der Waals surface area contributed by atoms with E-state index in [9.17, 15) is 23.1 Å². The zero-order valence-electron chi connectivity index (χ0n) is 15.8. The molecule has 6 nitrogen and oxygen atoms in total. The lowest BCUT2D eigenvalue weighted by molar-refractivity contribution is -0.292. The first-order valence-electron chi connectivity index (χ1n) is 8.98. The zero-order valence-corrected chi connectivity index (χ0v) is 16.7. The van der Waals surface area contributed by atoms with Crippen LogP contribution in [-0.4, -0.2) is 47.8 Å². The Balaban J connectivity index is 2.49. The van der Waals surface area contributed by atoms with Crippen LogP contribution < -0.4 is 15.5 Å². The average molecular weight is 419 g/mol. The third-order valence-electron chi connectivity index (χ3n) is 4.73. The smallest absolute Gasteiger partial charge is 0.437 e. The molecular formula is C18H24F3N3O3S. The highest BCUT2D eigenvalue weighted by Crippen LogP contribution is 2.43. The number of alkyl halides is 3. The van der Waals surface area contributed by atoms with Crippen molar-refractivity contribution in [3.8, 4) is 0 Å². The Morgan fingerprint density at radius 3 is 2.29 bits per heavy atom. The van der Waals surface area contributed by atoms with Crippen LogP contribution in [0.3, 0.4) is 0 Å². The summed E-state index contributed by atoms with van der Waals surface area (Å²) in [6.45, 7) is 6.87. The number of nitrogens with zero attached hydrogens (tertiary/aromatic N) is 1. The molecule has 156 valence electrons. The molecule has 28 heavy (non-hydrogen) atoms. The first-order chi connectivity index (χ1) is 13.1. The fourth-order valence-electron chi connectivity index (χ4n) is 3.30. The average Bonchev–Trinajstić information content (AvgIpc) is 2.62. The van der Waals surface area contributed by atoms with E-state index < -0.39 is 34.9 Å². The molecule has 1 saturated heterocycles. The number of ether oxygens (including phenoxy) is 1. The van der Waals surface area contributed by atoms with Gasteiger partial charge in [0.1, 0.15) is 5.92 Å². The third kappa shape index (κ3) is 4.17. The molecule has 1 aliphatic rings. The minimum Gasteiger partial charge on any atom is -0.466 e.